The van der Waals surface area contributed by atoms with E-state index in [1.54, 1.807) is 25.7 Å². The van der Waals surface area contributed by atoms with Crippen LogP contribution < -0.4 is 15.5 Å². The predicted octanol–water partition coefficient (Wildman–Crippen LogP) is 4.32. The Hall–Kier alpha value is -2.85. The van der Waals surface area contributed by atoms with Crippen molar-refractivity contribution < 1.29 is 27.1 Å². The lowest BCUT2D eigenvalue weighted by atomic mass is 9.80. The second-order valence-electron chi connectivity index (χ2n) is 10.5. The Kier molecular flexibility index (Phi) is 5.29. The van der Waals surface area contributed by atoms with Gasteiger partial charge in [-0.25, -0.2) is 27.3 Å². The van der Waals surface area contributed by atoms with E-state index >= 15 is 0 Å². The highest BCUT2D eigenvalue weighted by molar-refractivity contribution is 5.90. The monoisotopic (exact) mass is 481 g/mol. The summed E-state index contributed by atoms with van der Waals surface area (Å²) >= 11 is 0. The zero-order valence-electron chi connectivity index (χ0n) is 19.2. The number of nitrogens with one attached hydrogen (secondary N) is 2. The van der Waals surface area contributed by atoms with Gasteiger partial charge in [-0.15, -0.1) is 0 Å². The van der Waals surface area contributed by atoms with Crippen molar-refractivity contribution in [2.75, 3.05) is 29.9 Å². The van der Waals surface area contributed by atoms with E-state index in [1.165, 1.54) is 6.07 Å². The Morgan fingerprint density at radius 3 is 2.50 bits per heavy atom. The Bertz CT molecular complexity index is 1120. The molecule has 184 valence electrons. The van der Waals surface area contributed by atoms with E-state index in [-0.39, 0.29) is 47.7 Å². The third kappa shape index (κ3) is 4.32. The number of amides is 1. The number of alkyl carbamates (subject to hydrolysis) is 1. The highest BCUT2D eigenvalue weighted by atomic mass is 19.3. The number of carbonyl (C=O) groups excluding carboxylic acids is 1. The molecule has 11 heteroatoms. The molecule has 1 amide bonds. The number of rotatable bonds is 5. The van der Waals surface area contributed by atoms with Gasteiger partial charge in [0, 0.05) is 37.1 Å². The molecule has 2 atom stereocenters. The van der Waals surface area contributed by atoms with E-state index in [0.717, 1.165) is 6.07 Å². The van der Waals surface area contributed by atoms with Crippen LogP contribution in [0.15, 0.2) is 12.1 Å². The van der Waals surface area contributed by atoms with Gasteiger partial charge in [0.05, 0.1) is 11.8 Å². The van der Waals surface area contributed by atoms with Gasteiger partial charge in [-0.2, -0.15) is 4.98 Å². The van der Waals surface area contributed by atoms with Crippen molar-refractivity contribution in [1.82, 2.24) is 15.3 Å². The van der Waals surface area contributed by atoms with Crippen LogP contribution in [0.4, 0.5) is 34.1 Å². The van der Waals surface area contributed by atoms with Gasteiger partial charge >= 0.3 is 6.09 Å². The van der Waals surface area contributed by atoms with Crippen LogP contribution in [0.5, 0.6) is 0 Å². The van der Waals surface area contributed by atoms with Gasteiger partial charge in [0.25, 0.3) is 5.92 Å². The van der Waals surface area contributed by atoms with Crippen LogP contribution in [0.1, 0.15) is 33.6 Å². The van der Waals surface area contributed by atoms with Gasteiger partial charge in [0.2, 0.25) is 5.95 Å². The first-order valence-electron chi connectivity index (χ1n) is 11.4. The summed E-state index contributed by atoms with van der Waals surface area (Å²) in [5.41, 5.74) is -0.626. The van der Waals surface area contributed by atoms with Crippen molar-refractivity contribution in [1.29, 1.82) is 0 Å². The van der Waals surface area contributed by atoms with Crippen molar-refractivity contribution in [2.24, 2.45) is 17.8 Å². The molecule has 0 radical (unpaired) electrons. The Balaban J connectivity index is 1.27. The number of carbonyl (C=O) groups is 1. The lowest BCUT2D eigenvalue weighted by Crippen LogP contribution is -2.43. The lowest BCUT2D eigenvalue weighted by molar-refractivity contribution is 0.0508. The molecule has 2 saturated carbocycles. The van der Waals surface area contributed by atoms with E-state index in [9.17, 15) is 22.4 Å². The second-order valence-corrected chi connectivity index (χ2v) is 10.5. The van der Waals surface area contributed by atoms with Crippen LogP contribution in [-0.4, -0.2) is 53.3 Å². The number of hydrogen-bond acceptors (Lipinski definition) is 6. The summed E-state index contributed by atoms with van der Waals surface area (Å²) in [6.07, 6.45) is 0.957. The van der Waals surface area contributed by atoms with Crippen molar-refractivity contribution >= 4 is 28.8 Å². The van der Waals surface area contributed by atoms with Crippen LogP contribution in [0, 0.1) is 29.4 Å². The molecule has 1 aromatic heterocycles. The normalized spacial score (nSPS) is 27.2. The number of halogens is 4. The maximum Gasteiger partial charge on any atom is 0.407 e. The molecular formula is C23H27F4N5O2. The van der Waals surface area contributed by atoms with Gasteiger partial charge < -0.3 is 20.3 Å². The molecule has 3 aliphatic rings. The number of aromatic nitrogens is 2. The Labute approximate surface area is 194 Å². The SMILES string of the molecule is CC(C)(C)OC(=O)NCC1CC(Nc2nc(N3CC4C(C3)C4(F)F)nc3c(F)cc(F)cc23)C1. The summed E-state index contributed by atoms with van der Waals surface area (Å²) in [7, 11) is 0. The van der Waals surface area contributed by atoms with Gasteiger partial charge in [-0.05, 0) is 45.6 Å². The standard InChI is InChI=1S/C23H27F4N5O2/c1-22(2,3)34-21(33)28-8-11-4-13(5-11)29-19-14-6-12(24)7-17(25)18(14)30-20(31-19)32-9-15-16(10-32)23(15,26)27/h6-7,11,13,15-16H,4-5,8-10H2,1-3H3,(H,28,33)(H,29,30,31). The minimum absolute atomic E-state index is 0.0148. The summed E-state index contributed by atoms with van der Waals surface area (Å²) in [5.74, 6) is -5.04. The maximum atomic E-state index is 14.5. The fourth-order valence-electron chi connectivity index (χ4n) is 4.82. The lowest BCUT2D eigenvalue weighted by Gasteiger charge is -2.36. The van der Waals surface area contributed by atoms with Gasteiger partial charge in [-0.3, -0.25) is 0 Å². The van der Waals surface area contributed by atoms with E-state index in [1.807, 2.05) is 0 Å². The van der Waals surface area contributed by atoms with Crippen LogP contribution in [0.2, 0.25) is 0 Å². The molecule has 2 unspecified atom stereocenters. The Morgan fingerprint density at radius 2 is 1.85 bits per heavy atom. The summed E-state index contributed by atoms with van der Waals surface area (Å²) in [6, 6.07) is 1.90. The predicted molar refractivity (Wildman–Crippen MR) is 118 cm³/mol. The largest absolute Gasteiger partial charge is 0.444 e. The average molecular weight is 481 g/mol. The van der Waals surface area contributed by atoms with E-state index in [4.69, 9.17) is 4.74 Å². The van der Waals surface area contributed by atoms with Crippen molar-refractivity contribution in [2.45, 2.75) is 51.2 Å². The molecule has 5 rings (SSSR count). The number of alkyl halides is 2. The van der Waals surface area contributed by atoms with Crippen molar-refractivity contribution in [3.05, 3.63) is 23.8 Å². The quantitative estimate of drug-likeness (QED) is 0.620. The molecular weight excluding hydrogens is 454 g/mol. The average Bonchev–Trinajstić information content (AvgIpc) is 3.01. The molecule has 2 N–H and O–H groups in total. The van der Waals surface area contributed by atoms with E-state index in [0.29, 0.717) is 19.4 Å². The zero-order chi connectivity index (χ0) is 24.4. The number of ether oxygens (including phenoxy) is 1. The van der Waals surface area contributed by atoms with Crippen LogP contribution in [-0.2, 0) is 4.74 Å². The molecule has 2 aromatic rings. The molecule has 1 saturated heterocycles. The van der Waals surface area contributed by atoms with E-state index < -0.39 is 41.1 Å². The molecule has 0 spiro atoms. The Morgan fingerprint density at radius 1 is 1.18 bits per heavy atom. The van der Waals surface area contributed by atoms with E-state index in [2.05, 4.69) is 20.6 Å². The fraction of sp³-hybridized carbons (Fsp3) is 0.609. The fourth-order valence-corrected chi connectivity index (χ4v) is 4.82. The maximum absolute atomic E-state index is 14.5. The van der Waals surface area contributed by atoms with Crippen molar-refractivity contribution in [3.63, 3.8) is 0 Å². The summed E-state index contributed by atoms with van der Waals surface area (Å²) in [5, 5.41) is 6.18. The highest BCUT2D eigenvalue weighted by Gasteiger charge is 2.72. The molecule has 0 bridgehead atoms. The van der Waals surface area contributed by atoms with Crippen LogP contribution >= 0.6 is 0 Å². The number of fused-ring (bicyclic) bond motifs is 2. The van der Waals surface area contributed by atoms with Crippen LogP contribution in [0.25, 0.3) is 10.9 Å². The molecule has 7 nitrogen and oxygen atoms in total. The molecule has 2 aliphatic carbocycles. The van der Waals surface area contributed by atoms with Gasteiger partial charge in [-0.1, -0.05) is 0 Å². The molecule has 1 aliphatic heterocycles. The highest BCUT2D eigenvalue weighted by Crippen LogP contribution is 2.59. The minimum atomic E-state index is -2.66. The molecule has 1 aromatic carbocycles. The van der Waals surface area contributed by atoms with Gasteiger partial charge in [0.1, 0.15) is 22.8 Å². The third-order valence-electron chi connectivity index (χ3n) is 6.70. The summed E-state index contributed by atoms with van der Waals surface area (Å²) in [6.45, 7) is 6.03. The topological polar surface area (TPSA) is 79.4 Å². The molecule has 3 fully saturated rings. The van der Waals surface area contributed by atoms with Crippen molar-refractivity contribution in [3.8, 4) is 0 Å². The number of nitrogens with zero attached hydrogens (tertiary/aromatic N) is 3. The third-order valence-corrected chi connectivity index (χ3v) is 6.70. The molecule has 2 heterocycles. The number of anilines is 2. The second kappa shape index (κ2) is 7.84. The summed E-state index contributed by atoms with van der Waals surface area (Å²) in [4.78, 5) is 22.2. The number of benzene rings is 1. The van der Waals surface area contributed by atoms with Gasteiger partial charge in [0.15, 0.2) is 5.82 Å². The smallest absolute Gasteiger partial charge is 0.407 e. The first-order chi connectivity index (χ1) is 15.9. The zero-order valence-corrected chi connectivity index (χ0v) is 19.2. The first-order valence-corrected chi connectivity index (χ1v) is 11.4. The first kappa shape index (κ1) is 22.9. The number of piperidine rings is 1. The number of hydrogen-bond donors (Lipinski definition) is 2. The molecule has 34 heavy (non-hydrogen) atoms. The minimum Gasteiger partial charge on any atom is -0.444 e. The van der Waals surface area contributed by atoms with Crippen LogP contribution in [0.3, 0.4) is 0 Å². The summed E-state index contributed by atoms with van der Waals surface area (Å²) < 4.78 is 60.9.